The van der Waals surface area contributed by atoms with Crippen LogP contribution in [0.1, 0.15) is 28.3 Å². The molecule has 1 amide bonds. The largest absolute Gasteiger partial charge is 0.507 e. The van der Waals surface area contributed by atoms with Crippen molar-refractivity contribution in [2.75, 3.05) is 12.0 Å². The van der Waals surface area contributed by atoms with Gasteiger partial charge in [-0.05, 0) is 73.0 Å². The molecule has 0 unspecified atom stereocenters. The van der Waals surface area contributed by atoms with E-state index in [9.17, 15) is 14.7 Å². The van der Waals surface area contributed by atoms with Crippen LogP contribution in [0, 0.1) is 13.8 Å². The molecule has 8 heteroatoms. The van der Waals surface area contributed by atoms with E-state index in [4.69, 9.17) is 16.3 Å². The van der Waals surface area contributed by atoms with Crippen LogP contribution < -0.4 is 9.64 Å². The number of aliphatic hydroxyl groups is 1. The lowest BCUT2D eigenvalue weighted by Gasteiger charge is -2.23. The van der Waals surface area contributed by atoms with E-state index in [1.54, 1.807) is 49.6 Å². The monoisotopic (exact) mass is 504 g/mol. The molecule has 6 nitrogen and oxygen atoms in total. The summed E-state index contributed by atoms with van der Waals surface area (Å²) >= 11 is 7.44. The molecule has 1 N–H and O–H groups in total. The number of rotatable bonds is 4. The predicted octanol–water partition coefficient (Wildman–Crippen LogP) is 6.20. The molecular formula is C27H21ClN2O4S. The van der Waals surface area contributed by atoms with Gasteiger partial charge in [-0.1, -0.05) is 41.1 Å². The Balaban J connectivity index is 1.72. The first-order valence-corrected chi connectivity index (χ1v) is 12.1. The molecule has 0 radical (unpaired) electrons. The number of hydrogen-bond acceptors (Lipinski definition) is 6. The van der Waals surface area contributed by atoms with Crippen LogP contribution in [0.4, 0.5) is 5.13 Å². The molecule has 1 aromatic heterocycles. The molecule has 176 valence electrons. The third-order valence-corrected chi connectivity index (χ3v) is 7.31. The fraction of sp³-hybridized carbons (Fsp3) is 0.148. The quantitative estimate of drug-likeness (QED) is 0.203. The van der Waals surface area contributed by atoms with Crippen molar-refractivity contribution in [3.8, 4) is 5.75 Å². The predicted molar refractivity (Wildman–Crippen MR) is 138 cm³/mol. The molecule has 3 aromatic carbocycles. The van der Waals surface area contributed by atoms with Crippen molar-refractivity contribution in [2.24, 2.45) is 0 Å². The van der Waals surface area contributed by atoms with Crippen LogP contribution in [-0.4, -0.2) is 28.9 Å². The Kier molecular flexibility index (Phi) is 5.83. The number of anilines is 1. The molecule has 0 bridgehead atoms. The number of halogens is 1. The zero-order chi connectivity index (χ0) is 24.9. The SMILES string of the molecule is COc1ccc(C(O)=C2C(=O)C(=O)N(c3nc4ccc(C)cc4s3)[C@@H]2c2ccc(Cl)cc2)cc1C. The average molecular weight is 505 g/mol. The van der Waals surface area contributed by atoms with E-state index >= 15 is 0 Å². The second-order valence-electron chi connectivity index (χ2n) is 8.37. The number of nitrogens with zero attached hydrogens (tertiary/aromatic N) is 2. The number of ether oxygens (including phenoxy) is 1. The third-order valence-electron chi connectivity index (χ3n) is 6.04. The maximum Gasteiger partial charge on any atom is 0.301 e. The molecule has 1 atom stereocenters. The van der Waals surface area contributed by atoms with Gasteiger partial charge in [-0.2, -0.15) is 0 Å². The van der Waals surface area contributed by atoms with Crippen molar-refractivity contribution in [3.05, 3.63) is 93.5 Å². The Morgan fingerprint density at radius 3 is 2.49 bits per heavy atom. The first-order chi connectivity index (χ1) is 16.8. The molecule has 1 aliphatic rings. The fourth-order valence-electron chi connectivity index (χ4n) is 4.29. The van der Waals surface area contributed by atoms with Gasteiger partial charge >= 0.3 is 5.91 Å². The second-order valence-corrected chi connectivity index (χ2v) is 9.82. The van der Waals surface area contributed by atoms with Gasteiger partial charge in [0.25, 0.3) is 5.78 Å². The summed E-state index contributed by atoms with van der Waals surface area (Å²) < 4.78 is 6.22. The van der Waals surface area contributed by atoms with E-state index in [-0.39, 0.29) is 11.3 Å². The number of carbonyl (C=O) groups excluding carboxylic acids is 2. The summed E-state index contributed by atoms with van der Waals surface area (Å²) in [6.07, 6.45) is 0. The van der Waals surface area contributed by atoms with Crippen molar-refractivity contribution < 1.29 is 19.4 Å². The average Bonchev–Trinajstić information content (AvgIpc) is 3.37. The van der Waals surface area contributed by atoms with Crippen molar-refractivity contribution >= 4 is 55.7 Å². The third kappa shape index (κ3) is 3.96. The summed E-state index contributed by atoms with van der Waals surface area (Å²) in [5.41, 5.74) is 3.64. The highest BCUT2D eigenvalue weighted by Crippen LogP contribution is 2.44. The van der Waals surface area contributed by atoms with Gasteiger partial charge in [-0.25, -0.2) is 4.98 Å². The zero-order valence-electron chi connectivity index (χ0n) is 19.2. The van der Waals surface area contributed by atoms with Crippen LogP contribution in [0.3, 0.4) is 0 Å². The minimum Gasteiger partial charge on any atom is -0.507 e. The topological polar surface area (TPSA) is 79.7 Å². The Morgan fingerprint density at radius 1 is 1.06 bits per heavy atom. The minimum absolute atomic E-state index is 0.00248. The van der Waals surface area contributed by atoms with E-state index in [0.717, 1.165) is 21.3 Å². The minimum atomic E-state index is -0.865. The van der Waals surface area contributed by atoms with Gasteiger partial charge in [0.1, 0.15) is 11.5 Å². The van der Waals surface area contributed by atoms with Crippen LogP contribution in [0.5, 0.6) is 5.75 Å². The molecule has 4 aromatic rings. The number of thiazole rings is 1. The summed E-state index contributed by atoms with van der Waals surface area (Å²) in [7, 11) is 1.56. The van der Waals surface area contributed by atoms with Gasteiger partial charge in [-0.15, -0.1) is 0 Å². The van der Waals surface area contributed by atoms with Crippen LogP contribution in [0.25, 0.3) is 16.0 Å². The Labute approximate surface area is 211 Å². The Morgan fingerprint density at radius 2 is 1.80 bits per heavy atom. The van der Waals surface area contributed by atoms with E-state index in [0.29, 0.717) is 27.0 Å². The Hall–Kier alpha value is -3.68. The lowest BCUT2D eigenvalue weighted by Crippen LogP contribution is -2.29. The molecule has 5 rings (SSSR count). The van der Waals surface area contributed by atoms with Crippen molar-refractivity contribution in [1.29, 1.82) is 0 Å². The van der Waals surface area contributed by atoms with Gasteiger partial charge in [0.2, 0.25) is 0 Å². The summed E-state index contributed by atoms with van der Waals surface area (Å²) in [4.78, 5) is 32.7. The highest BCUT2D eigenvalue weighted by molar-refractivity contribution is 7.22. The molecule has 0 saturated carbocycles. The summed E-state index contributed by atoms with van der Waals surface area (Å²) in [5, 5.41) is 12.2. The van der Waals surface area contributed by atoms with E-state index in [1.807, 2.05) is 32.0 Å². The molecule has 1 fully saturated rings. The summed E-state index contributed by atoms with van der Waals surface area (Å²) in [6, 6.07) is 16.9. The van der Waals surface area contributed by atoms with Gasteiger partial charge in [0, 0.05) is 10.6 Å². The number of carbonyl (C=O) groups is 2. The standard InChI is InChI=1S/C27H21ClN2O4S/c1-14-4-10-19-21(12-14)35-27(29-19)30-23(16-5-8-18(28)9-6-16)22(25(32)26(30)33)24(31)17-7-11-20(34-3)15(2)13-17/h4-13,23,31H,1-3H3/t23-/m1/s1. The first-order valence-electron chi connectivity index (χ1n) is 10.9. The van der Waals surface area contributed by atoms with Crippen LogP contribution in [0.2, 0.25) is 5.02 Å². The molecule has 1 saturated heterocycles. The highest BCUT2D eigenvalue weighted by Gasteiger charge is 2.48. The molecule has 2 heterocycles. The number of aliphatic hydroxyl groups excluding tert-OH is 1. The molecular weight excluding hydrogens is 484 g/mol. The molecule has 0 aliphatic carbocycles. The number of aryl methyl sites for hydroxylation is 2. The normalized spacial score (nSPS) is 17.4. The van der Waals surface area contributed by atoms with Crippen LogP contribution in [0.15, 0.2) is 66.2 Å². The fourth-order valence-corrected chi connectivity index (χ4v) is 5.51. The maximum atomic E-state index is 13.4. The van der Waals surface area contributed by atoms with Gasteiger partial charge in [-0.3, -0.25) is 14.5 Å². The van der Waals surface area contributed by atoms with Crippen LogP contribution >= 0.6 is 22.9 Å². The van der Waals surface area contributed by atoms with E-state index < -0.39 is 17.7 Å². The van der Waals surface area contributed by atoms with Crippen molar-refractivity contribution in [1.82, 2.24) is 4.98 Å². The van der Waals surface area contributed by atoms with Crippen molar-refractivity contribution in [3.63, 3.8) is 0 Å². The number of methoxy groups -OCH3 is 1. The maximum absolute atomic E-state index is 13.4. The van der Waals surface area contributed by atoms with Gasteiger partial charge < -0.3 is 9.84 Å². The van der Waals surface area contributed by atoms with E-state index in [2.05, 4.69) is 4.98 Å². The van der Waals surface area contributed by atoms with Crippen LogP contribution in [-0.2, 0) is 9.59 Å². The zero-order valence-corrected chi connectivity index (χ0v) is 20.8. The number of ketones is 1. The van der Waals surface area contributed by atoms with Crippen molar-refractivity contribution in [2.45, 2.75) is 19.9 Å². The number of amides is 1. The number of fused-ring (bicyclic) bond motifs is 1. The smallest absolute Gasteiger partial charge is 0.301 e. The Bertz CT molecular complexity index is 1520. The molecule has 0 spiro atoms. The van der Waals surface area contributed by atoms with Gasteiger partial charge in [0.15, 0.2) is 5.13 Å². The van der Waals surface area contributed by atoms with Gasteiger partial charge in [0.05, 0.1) is 28.9 Å². The van der Waals surface area contributed by atoms with E-state index in [1.165, 1.54) is 16.2 Å². The lowest BCUT2D eigenvalue weighted by atomic mass is 9.95. The number of Topliss-reactive ketones (excluding diaryl/α,β-unsaturated/α-hetero) is 1. The number of aromatic nitrogens is 1. The lowest BCUT2D eigenvalue weighted by molar-refractivity contribution is -0.132. The number of benzene rings is 3. The number of hydrogen-bond donors (Lipinski definition) is 1. The summed E-state index contributed by atoms with van der Waals surface area (Å²) in [5.74, 6) is -1.12. The highest BCUT2D eigenvalue weighted by atomic mass is 35.5. The summed E-state index contributed by atoms with van der Waals surface area (Å²) in [6.45, 7) is 3.82. The molecule has 35 heavy (non-hydrogen) atoms. The second kappa shape index (κ2) is 8.83. The first kappa shape index (κ1) is 23.1. The molecule has 1 aliphatic heterocycles.